The molecular formula is C33H59N. The Bertz CT molecular complexity index is 596. The molecule has 34 heavy (non-hydrogen) atoms. The van der Waals surface area contributed by atoms with E-state index < -0.39 is 0 Å². The average molecular weight is 470 g/mol. The molecule has 0 bridgehead atoms. The van der Waals surface area contributed by atoms with E-state index >= 15 is 0 Å². The van der Waals surface area contributed by atoms with Gasteiger partial charge in [-0.1, -0.05) is 141 Å². The van der Waals surface area contributed by atoms with Crippen molar-refractivity contribution in [3.8, 4) is 0 Å². The van der Waals surface area contributed by atoms with Crippen molar-refractivity contribution in [3.63, 3.8) is 0 Å². The molecule has 0 aromatic heterocycles. The molecule has 0 aliphatic carbocycles. The Balaban J connectivity index is 2.12. The third-order valence-electron chi connectivity index (χ3n) is 8.77. The highest BCUT2D eigenvalue weighted by Crippen LogP contribution is 2.48. The molecule has 0 saturated carbocycles. The van der Waals surface area contributed by atoms with Crippen molar-refractivity contribution in [1.82, 2.24) is 4.90 Å². The molecule has 1 heteroatoms. The van der Waals surface area contributed by atoms with E-state index in [0.29, 0.717) is 5.41 Å². The van der Waals surface area contributed by atoms with Crippen LogP contribution < -0.4 is 0 Å². The van der Waals surface area contributed by atoms with Crippen LogP contribution in [0.1, 0.15) is 149 Å². The lowest BCUT2D eigenvalue weighted by Crippen LogP contribution is -2.55. The molecule has 0 radical (unpaired) electrons. The zero-order valence-electron chi connectivity index (χ0n) is 23.6. The number of nitrogens with zero attached hydrogens (tertiary/aromatic N) is 1. The predicted molar refractivity (Wildman–Crippen MR) is 153 cm³/mol. The second-order valence-electron chi connectivity index (χ2n) is 11.4. The van der Waals surface area contributed by atoms with Gasteiger partial charge in [0.1, 0.15) is 0 Å². The molecule has 1 fully saturated rings. The molecule has 0 amide bonds. The van der Waals surface area contributed by atoms with E-state index in [9.17, 15) is 0 Å². The van der Waals surface area contributed by atoms with Gasteiger partial charge in [0.2, 0.25) is 0 Å². The zero-order chi connectivity index (χ0) is 24.5. The van der Waals surface area contributed by atoms with E-state index in [1.54, 1.807) is 5.56 Å². The lowest BCUT2D eigenvalue weighted by molar-refractivity contribution is 0.0215. The Kier molecular flexibility index (Phi) is 15.2. The van der Waals surface area contributed by atoms with Crippen molar-refractivity contribution in [3.05, 3.63) is 35.9 Å². The predicted octanol–water partition coefficient (Wildman–Crippen LogP) is 10.3. The molecule has 0 spiro atoms. The van der Waals surface area contributed by atoms with Gasteiger partial charge in [0.25, 0.3) is 0 Å². The van der Waals surface area contributed by atoms with Crippen LogP contribution in [0.25, 0.3) is 0 Å². The quantitative estimate of drug-likeness (QED) is 0.182. The van der Waals surface area contributed by atoms with Crippen LogP contribution in [0.15, 0.2) is 30.3 Å². The average Bonchev–Trinajstić information content (AvgIpc) is 2.87. The van der Waals surface area contributed by atoms with Crippen molar-refractivity contribution >= 4 is 0 Å². The number of unbranched alkanes of at least 4 members (excludes halogenated alkanes) is 10. The first-order valence-electron chi connectivity index (χ1n) is 15.5. The van der Waals surface area contributed by atoms with Crippen LogP contribution in [0.5, 0.6) is 0 Å². The third kappa shape index (κ3) is 9.33. The van der Waals surface area contributed by atoms with Crippen molar-refractivity contribution in [2.24, 2.45) is 5.92 Å². The number of hydrogen-bond acceptors (Lipinski definition) is 1. The molecule has 1 aliphatic rings. The summed E-state index contributed by atoms with van der Waals surface area (Å²) in [6.45, 7) is 12.1. The molecule has 3 unspecified atom stereocenters. The van der Waals surface area contributed by atoms with Gasteiger partial charge in [-0.2, -0.15) is 0 Å². The van der Waals surface area contributed by atoms with Crippen LogP contribution in [0.3, 0.4) is 0 Å². The van der Waals surface area contributed by atoms with E-state index in [4.69, 9.17) is 0 Å². The fraction of sp³-hybridized carbons (Fsp3) is 0.818. The van der Waals surface area contributed by atoms with Crippen LogP contribution >= 0.6 is 0 Å². The highest BCUT2D eigenvalue weighted by Gasteiger charge is 2.46. The molecule has 1 saturated heterocycles. The summed E-state index contributed by atoms with van der Waals surface area (Å²) in [5.41, 5.74) is 2.04. The van der Waals surface area contributed by atoms with Gasteiger partial charge in [0, 0.05) is 18.0 Å². The van der Waals surface area contributed by atoms with E-state index in [-0.39, 0.29) is 0 Å². The first-order valence-corrected chi connectivity index (χ1v) is 15.5. The van der Waals surface area contributed by atoms with Gasteiger partial charge in [0.05, 0.1) is 0 Å². The fourth-order valence-corrected chi connectivity index (χ4v) is 6.65. The van der Waals surface area contributed by atoms with Crippen LogP contribution in [0.2, 0.25) is 0 Å². The Morgan fingerprint density at radius 3 is 1.91 bits per heavy atom. The monoisotopic (exact) mass is 469 g/mol. The van der Waals surface area contributed by atoms with Crippen molar-refractivity contribution in [2.75, 3.05) is 13.1 Å². The zero-order valence-corrected chi connectivity index (χ0v) is 23.6. The second-order valence-corrected chi connectivity index (χ2v) is 11.4. The van der Waals surface area contributed by atoms with E-state index in [1.807, 2.05) is 0 Å². The highest BCUT2D eigenvalue weighted by atomic mass is 15.2. The lowest BCUT2D eigenvalue weighted by Gasteiger charge is -2.53. The molecular weight excluding hydrogens is 410 g/mol. The Hall–Kier alpha value is -0.820. The topological polar surface area (TPSA) is 3.24 Å². The van der Waals surface area contributed by atoms with E-state index in [0.717, 1.165) is 12.0 Å². The van der Waals surface area contributed by atoms with Gasteiger partial charge in [-0.05, 0) is 50.1 Å². The van der Waals surface area contributed by atoms with Crippen LogP contribution in [-0.2, 0) is 5.41 Å². The molecule has 1 heterocycles. The van der Waals surface area contributed by atoms with Crippen molar-refractivity contribution in [2.45, 2.75) is 155 Å². The summed E-state index contributed by atoms with van der Waals surface area (Å²) in [7, 11) is 0. The Morgan fingerprint density at radius 1 is 0.676 bits per heavy atom. The number of piperidine rings is 1. The first-order chi connectivity index (χ1) is 16.7. The first kappa shape index (κ1) is 29.4. The lowest BCUT2D eigenvalue weighted by atomic mass is 9.60. The molecule has 1 nitrogen and oxygen atoms in total. The minimum Gasteiger partial charge on any atom is -0.300 e. The van der Waals surface area contributed by atoms with Gasteiger partial charge in [-0.3, -0.25) is 0 Å². The maximum atomic E-state index is 2.97. The minimum atomic E-state index is 0.390. The fourth-order valence-electron chi connectivity index (χ4n) is 6.65. The number of likely N-dealkylation sites (tertiary alicyclic amines) is 1. The van der Waals surface area contributed by atoms with Crippen LogP contribution in [0, 0.1) is 5.92 Å². The maximum Gasteiger partial charge on any atom is 0.0104 e. The summed E-state index contributed by atoms with van der Waals surface area (Å²) in [5, 5.41) is 0. The molecule has 3 atom stereocenters. The molecule has 1 aromatic rings. The molecule has 196 valence electrons. The van der Waals surface area contributed by atoms with Gasteiger partial charge in [0.15, 0.2) is 0 Å². The van der Waals surface area contributed by atoms with E-state index in [2.05, 4.69) is 62.9 Å². The number of rotatable bonds is 19. The van der Waals surface area contributed by atoms with Crippen molar-refractivity contribution < 1.29 is 0 Å². The van der Waals surface area contributed by atoms with Gasteiger partial charge >= 0.3 is 0 Å². The molecule has 1 aliphatic heterocycles. The van der Waals surface area contributed by atoms with Crippen LogP contribution in [0.4, 0.5) is 0 Å². The summed E-state index contributed by atoms with van der Waals surface area (Å²) >= 11 is 0. The standard InChI is InChI=1S/C33H59N/c1-5-9-13-14-15-16-17-21-27-34-29-31(22-10-6-2)33(26-12-8-4,28-32(34)25-11-7-3)30-23-19-18-20-24-30/h18-20,23-24,31-32H,5-17,21-22,25-29H2,1-4H3. The summed E-state index contributed by atoms with van der Waals surface area (Å²) in [5.74, 6) is 0.813. The minimum absolute atomic E-state index is 0.390. The molecule has 1 aromatic carbocycles. The molecule has 0 N–H and O–H groups in total. The molecule has 2 rings (SSSR count). The van der Waals surface area contributed by atoms with Gasteiger partial charge in [-0.25, -0.2) is 0 Å². The van der Waals surface area contributed by atoms with Crippen molar-refractivity contribution in [1.29, 1.82) is 0 Å². The maximum absolute atomic E-state index is 2.97. The smallest absolute Gasteiger partial charge is 0.0104 e. The SMILES string of the molecule is CCCCCCCCCCN1CC(CCCC)C(CCCC)(c2ccccc2)CC1CCCC. The number of benzene rings is 1. The number of hydrogen-bond donors (Lipinski definition) is 0. The van der Waals surface area contributed by atoms with Gasteiger partial charge < -0.3 is 4.90 Å². The summed E-state index contributed by atoms with van der Waals surface area (Å²) in [6.07, 6.45) is 25.1. The van der Waals surface area contributed by atoms with Crippen LogP contribution in [-0.4, -0.2) is 24.0 Å². The normalized spacial score (nSPS) is 23.4. The summed E-state index contributed by atoms with van der Waals surface area (Å²) < 4.78 is 0. The third-order valence-corrected chi connectivity index (χ3v) is 8.77. The Morgan fingerprint density at radius 2 is 1.26 bits per heavy atom. The van der Waals surface area contributed by atoms with E-state index in [1.165, 1.54) is 129 Å². The second kappa shape index (κ2) is 17.6. The Labute approximate surface area is 214 Å². The summed E-state index contributed by atoms with van der Waals surface area (Å²) in [4.78, 5) is 2.97. The van der Waals surface area contributed by atoms with Gasteiger partial charge in [-0.15, -0.1) is 0 Å². The summed E-state index contributed by atoms with van der Waals surface area (Å²) in [6, 6.07) is 12.5. The largest absolute Gasteiger partial charge is 0.300 e. The highest BCUT2D eigenvalue weighted by molar-refractivity contribution is 5.28.